The van der Waals surface area contributed by atoms with Gasteiger partial charge in [-0.15, -0.1) is 24.4 Å². The van der Waals surface area contributed by atoms with Crippen LogP contribution in [0.1, 0.15) is 12.5 Å². The number of rotatable bonds is 4. The van der Waals surface area contributed by atoms with Gasteiger partial charge in [-0.1, -0.05) is 19.1 Å². The Hall–Kier alpha value is -0.650. The van der Waals surface area contributed by atoms with Crippen molar-refractivity contribution in [3.05, 3.63) is 29.8 Å². The third kappa shape index (κ3) is 3.02. The van der Waals surface area contributed by atoms with Gasteiger partial charge in [-0.05, 0) is 25.7 Å². The Balaban J connectivity index is 2.20. The Labute approximate surface area is 118 Å². The van der Waals surface area contributed by atoms with E-state index >= 15 is 0 Å². The molecule has 98 valence electrons. The minimum absolute atomic E-state index is 0.283. The molecule has 0 radical (unpaired) electrons. The Kier molecular flexibility index (Phi) is 4.25. The van der Waals surface area contributed by atoms with Gasteiger partial charge in [-0.2, -0.15) is 0 Å². The first-order chi connectivity index (χ1) is 8.54. The molecule has 0 bridgehead atoms. The van der Waals surface area contributed by atoms with Gasteiger partial charge in [-0.25, -0.2) is 0 Å². The second-order valence-corrected chi connectivity index (χ2v) is 6.33. The summed E-state index contributed by atoms with van der Waals surface area (Å²) < 4.78 is 0. The van der Waals surface area contributed by atoms with Crippen molar-refractivity contribution in [2.24, 2.45) is 4.99 Å². The van der Waals surface area contributed by atoms with Crippen molar-refractivity contribution in [1.29, 1.82) is 0 Å². The van der Waals surface area contributed by atoms with Crippen LogP contribution < -0.4 is 0 Å². The van der Waals surface area contributed by atoms with Crippen LogP contribution in [0.4, 0.5) is 0 Å². The van der Waals surface area contributed by atoms with E-state index < -0.39 is 0 Å². The van der Waals surface area contributed by atoms with E-state index in [1.165, 1.54) is 0 Å². The Morgan fingerprint density at radius 1 is 1.50 bits per heavy atom. The van der Waals surface area contributed by atoms with E-state index in [0.29, 0.717) is 0 Å². The fourth-order valence-corrected chi connectivity index (χ4v) is 3.55. The molecule has 0 saturated carbocycles. The van der Waals surface area contributed by atoms with Gasteiger partial charge < -0.3 is 10.0 Å². The standard InChI is InChI=1S/C13H18N2OS2/c1-3-15(2)8-13(17)9-18-12(14-13)10-6-4-5-7-11(10)16/h4-7,16-17H,3,8-9H2,1-2H3. The molecule has 0 aromatic heterocycles. The molecule has 3 nitrogen and oxygen atoms in total. The Morgan fingerprint density at radius 2 is 2.22 bits per heavy atom. The monoisotopic (exact) mass is 282 g/mol. The average Bonchev–Trinajstić information content (AvgIpc) is 2.72. The number of phenols is 1. The van der Waals surface area contributed by atoms with E-state index in [2.05, 4.69) is 36.5 Å². The van der Waals surface area contributed by atoms with Gasteiger partial charge in [-0.3, -0.25) is 4.99 Å². The molecule has 0 spiro atoms. The summed E-state index contributed by atoms with van der Waals surface area (Å²) in [5.74, 6) is 1.12. The van der Waals surface area contributed by atoms with Crippen molar-refractivity contribution < 1.29 is 5.11 Å². The van der Waals surface area contributed by atoms with Crippen LogP contribution in [0.25, 0.3) is 0 Å². The maximum atomic E-state index is 9.84. The lowest BCUT2D eigenvalue weighted by Gasteiger charge is -2.24. The van der Waals surface area contributed by atoms with Crippen LogP contribution in [0.3, 0.4) is 0 Å². The first-order valence-corrected chi connectivity index (χ1v) is 7.39. The summed E-state index contributed by atoms with van der Waals surface area (Å²) in [4.78, 5) is 6.53. The first-order valence-electron chi connectivity index (χ1n) is 5.96. The molecular formula is C13H18N2OS2. The SMILES string of the molecule is CCN(C)CC1(S)CSC(c2ccccc2O)=N1. The van der Waals surface area contributed by atoms with Gasteiger partial charge in [0.25, 0.3) is 0 Å². The summed E-state index contributed by atoms with van der Waals surface area (Å²) in [6.07, 6.45) is 0. The summed E-state index contributed by atoms with van der Waals surface area (Å²) in [5.41, 5.74) is 0.803. The lowest BCUT2D eigenvalue weighted by atomic mass is 10.2. The molecule has 0 amide bonds. The maximum absolute atomic E-state index is 9.84. The zero-order valence-corrected chi connectivity index (χ0v) is 12.3. The largest absolute Gasteiger partial charge is 0.507 e. The quantitative estimate of drug-likeness (QED) is 0.833. The van der Waals surface area contributed by atoms with Crippen LogP contribution in [-0.2, 0) is 0 Å². The number of benzene rings is 1. The summed E-state index contributed by atoms with van der Waals surface area (Å²) in [6.45, 7) is 3.91. The summed E-state index contributed by atoms with van der Waals surface area (Å²) in [6, 6.07) is 7.31. The Bertz CT molecular complexity index is 464. The number of likely N-dealkylation sites (N-methyl/N-ethyl adjacent to an activating group) is 1. The normalized spacial score (nSPS) is 23.4. The van der Waals surface area contributed by atoms with Crippen LogP contribution in [0.2, 0.25) is 0 Å². The van der Waals surface area contributed by atoms with Gasteiger partial charge in [0.2, 0.25) is 0 Å². The molecule has 1 aromatic carbocycles. The van der Waals surface area contributed by atoms with E-state index in [0.717, 1.165) is 29.4 Å². The van der Waals surface area contributed by atoms with Crippen LogP contribution >= 0.6 is 24.4 Å². The third-order valence-electron chi connectivity index (χ3n) is 2.95. The second-order valence-electron chi connectivity index (χ2n) is 4.54. The van der Waals surface area contributed by atoms with Crippen molar-refractivity contribution in [3.8, 4) is 5.75 Å². The summed E-state index contributed by atoms with van der Waals surface area (Å²) in [5, 5.41) is 10.7. The Morgan fingerprint density at radius 3 is 2.89 bits per heavy atom. The van der Waals surface area contributed by atoms with Crippen molar-refractivity contribution in [2.45, 2.75) is 11.8 Å². The highest BCUT2D eigenvalue weighted by atomic mass is 32.2. The predicted molar refractivity (Wildman–Crippen MR) is 82.0 cm³/mol. The number of para-hydroxylation sites is 1. The highest BCUT2D eigenvalue weighted by molar-refractivity contribution is 8.15. The van der Waals surface area contributed by atoms with E-state index in [-0.39, 0.29) is 10.6 Å². The molecule has 1 atom stereocenters. The van der Waals surface area contributed by atoms with Crippen LogP contribution in [0.5, 0.6) is 5.75 Å². The summed E-state index contributed by atoms with van der Waals surface area (Å²) in [7, 11) is 2.07. The number of aliphatic imine (C=N–C) groups is 1. The van der Waals surface area contributed by atoms with Crippen LogP contribution in [-0.4, -0.2) is 45.8 Å². The number of aromatic hydroxyl groups is 1. The lowest BCUT2D eigenvalue weighted by molar-refractivity contribution is 0.326. The predicted octanol–water partition coefficient (Wildman–Crippen LogP) is 2.46. The van der Waals surface area contributed by atoms with Gasteiger partial charge >= 0.3 is 0 Å². The molecule has 1 N–H and O–H groups in total. The number of hydrogen-bond donors (Lipinski definition) is 2. The zero-order valence-electron chi connectivity index (χ0n) is 10.6. The van der Waals surface area contributed by atoms with Crippen molar-refractivity contribution in [1.82, 2.24) is 4.90 Å². The molecule has 2 rings (SSSR count). The third-order valence-corrected chi connectivity index (χ3v) is 4.77. The minimum atomic E-state index is -0.354. The molecular weight excluding hydrogens is 264 g/mol. The zero-order chi connectivity index (χ0) is 13.2. The molecule has 1 aliphatic rings. The maximum Gasteiger partial charge on any atom is 0.126 e. The minimum Gasteiger partial charge on any atom is -0.507 e. The first kappa shape index (κ1) is 13.8. The van der Waals surface area contributed by atoms with Crippen molar-refractivity contribution in [3.63, 3.8) is 0 Å². The van der Waals surface area contributed by atoms with Gasteiger partial charge in [0.1, 0.15) is 15.7 Å². The lowest BCUT2D eigenvalue weighted by Crippen LogP contribution is -2.35. The number of phenolic OH excluding ortho intramolecular Hbond substituents is 1. The number of hydrogen-bond acceptors (Lipinski definition) is 5. The molecule has 1 heterocycles. The van der Waals surface area contributed by atoms with Crippen LogP contribution in [0, 0.1) is 0 Å². The molecule has 1 aromatic rings. The van der Waals surface area contributed by atoms with Gasteiger partial charge in [0.15, 0.2) is 0 Å². The molecule has 1 unspecified atom stereocenters. The average molecular weight is 282 g/mol. The van der Waals surface area contributed by atoms with Gasteiger partial charge in [0.05, 0.1) is 0 Å². The fourth-order valence-electron chi connectivity index (χ4n) is 1.86. The number of thiol groups is 1. The van der Waals surface area contributed by atoms with E-state index in [4.69, 9.17) is 0 Å². The molecule has 0 fully saturated rings. The molecule has 18 heavy (non-hydrogen) atoms. The number of nitrogens with zero attached hydrogens (tertiary/aromatic N) is 2. The van der Waals surface area contributed by atoms with Crippen LogP contribution in [0.15, 0.2) is 29.3 Å². The van der Waals surface area contributed by atoms with Gasteiger partial charge in [0, 0.05) is 17.9 Å². The van der Waals surface area contributed by atoms with E-state index in [1.54, 1.807) is 17.8 Å². The van der Waals surface area contributed by atoms with E-state index in [9.17, 15) is 5.11 Å². The fraction of sp³-hybridized carbons (Fsp3) is 0.462. The van der Waals surface area contributed by atoms with Crippen molar-refractivity contribution >= 4 is 29.4 Å². The highest BCUT2D eigenvalue weighted by Gasteiger charge is 2.33. The second kappa shape index (κ2) is 5.55. The smallest absolute Gasteiger partial charge is 0.126 e. The topological polar surface area (TPSA) is 35.8 Å². The van der Waals surface area contributed by atoms with E-state index in [1.807, 2.05) is 18.2 Å². The van der Waals surface area contributed by atoms with Crippen molar-refractivity contribution in [2.75, 3.05) is 25.9 Å². The molecule has 1 aliphatic heterocycles. The number of thioether (sulfide) groups is 1. The molecule has 0 saturated heterocycles. The molecule has 5 heteroatoms. The summed E-state index contributed by atoms with van der Waals surface area (Å²) >= 11 is 6.34. The molecule has 0 aliphatic carbocycles. The highest BCUT2D eigenvalue weighted by Crippen LogP contribution is 2.36.